The number of non-ortho nitro benzene ring substituents is 1. The molecule has 7 heteroatoms. The SMILES string of the molecule is CNCc1cc([N+](=O)[O-])ccc1OCCc1ccnn1C. The number of aryl methyl sites for hydroxylation is 1. The quantitative estimate of drug-likeness (QED) is 0.619. The van der Waals surface area contributed by atoms with E-state index in [1.54, 1.807) is 24.0 Å². The lowest BCUT2D eigenvalue weighted by molar-refractivity contribution is -0.384. The molecule has 7 nitrogen and oxygen atoms in total. The second-order valence-electron chi connectivity index (χ2n) is 4.62. The van der Waals surface area contributed by atoms with Crippen LogP contribution >= 0.6 is 0 Å². The third-order valence-corrected chi connectivity index (χ3v) is 3.16. The zero-order valence-corrected chi connectivity index (χ0v) is 12.1. The lowest BCUT2D eigenvalue weighted by Crippen LogP contribution is -2.10. The average Bonchev–Trinajstić information content (AvgIpc) is 2.86. The molecule has 0 aliphatic carbocycles. The molecule has 2 aromatic rings. The zero-order chi connectivity index (χ0) is 15.2. The molecule has 0 saturated heterocycles. The summed E-state index contributed by atoms with van der Waals surface area (Å²) in [5.74, 6) is 0.664. The Bertz CT molecular complexity index is 624. The van der Waals surface area contributed by atoms with Crippen LogP contribution in [0.15, 0.2) is 30.5 Å². The van der Waals surface area contributed by atoms with Crippen LogP contribution in [-0.2, 0) is 20.0 Å². The summed E-state index contributed by atoms with van der Waals surface area (Å²) in [5.41, 5.74) is 1.92. The fourth-order valence-corrected chi connectivity index (χ4v) is 2.06. The first kappa shape index (κ1) is 15.0. The normalized spacial score (nSPS) is 10.6. The van der Waals surface area contributed by atoms with Crippen LogP contribution in [-0.4, -0.2) is 28.4 Å². The molecule has 0 saturated carbocycles. The second kappa shape index (κ2) is 6.85. The van der Waals surface area contributed by atoms with Gasteiger partial charge in [-0.2, -0.15) is 5.10 Å². The molecule has 21 heavy (non-hydrogen) atoms. The van der Waals surface area contributed by atoms with Gasteiger partial charge in [-0.15, -0.1) is 0 Å². The summed E-state index contributed by atoms with van der Waals surface area (Å²) < 4.78 is 7.55. The van der Waals surface area contributed by atoms with Crippen LogP contribution < -0.4 is 10.1 Å². The molecule has 0 atom stereocenters. The first-order chi connectivity index (χ1) is 10.1. The molecule has 0 spiro atoms. The maximum Gasteiger partial charge on any atom is 0.270 e. The highest BCUT2D eigenvalue weighted by Crippen LogP contribution is 2.24. The Morgan fingerprint density at radius 1 is 1.43 bits per heavy atom. The van der Waals surface area contributed by atoms with E-state index in [2.05, 4.69) is 10.4 Å². The van der Waals surface area contributed by atoms with Gasteiger partial charge in [-0.05, 0) is 19.2 Å². The molecule has 0 bridgehead atoms. The van der Waals surface area contributed by atoms with Gasteiger partial charge in [-0.3, -0.25) is 14.8 Å². The average molecular weight is 290 g/mol. The Kier molecular flexibility index (Phi) is 4.89. The van der Waals surface area contributed by atoms with Gasteiger partial charge in [0.2, 0.25) is 0 Å². The smallest absolute Gasteiger partial charge is 0.270 e. The molecule has 0 radical (unpaired) electrons. The minimum absolute atomic E-state index is 0.0687. The van der Waals surface area contributed by atoms with E-state index >= 15 is 0 Å². The van der Waals surface area contributed by atoms with Crippen molar-refractivity contribution in [1.29, 1.82) is 0 Å². The molecular formula is C14H18N4O3. The summed E-state index contributed by atoms with van der Waals surface area (Å²) in [6.45, 7) is 1.01. The van der Waals surface area contributed by atoms with Crippen molar-refractivity contribution in [3.63, 3.8) is 0 Å². The van der Waals surface area contributed by atoms with Crippen molar-refractivity contribution >= 4 is 5.69 Å². The van der Waals surface area contributed by atoms with Gasteiger partial charge in [0.15, 0.2) is 0 Å². The Balaban J connectivity index is 2.04. The minimum Gasteiger partial charge on any atom is -0.493 e. The van der Waals surface area contributed by atoms with Gasteiger partial charge in [-0.25, -0.2) is 0 Å². The highest BCUT2D eigenvalue weighted by atomic mass is 16.6. The topological polar surface area (TPSA) is 82.2 Å². The van der Waals surface area contributed by atoms with E-state index in [4.69, 9.17) is 4.74 Å². The number of rotatable bonds is 7. The number of hydrogen-bond acceptors (Lipinski definition) is 5. The van der Waals surface area contributed by atoms with Crippen molar-refractivity contribution < 1.29 is 9.66 Å². The van der Waals surface area contributed by atoms with Crippen LogP contribution in [0.25, 0.3) is 0 Å². The Morgan fingerprint density at radius 2 is 2.24 bits per heavy atom. The molecule has 0 amide bonds. The van der Waals surface area contributed by atoms with Crippen LogP contribution in [0, 0.1) is 10.1 Å². The molecule has 112 valence electrons. The van der Waals surface area contributed by atoms with Gasteiger partial charge >= 0.3 is 0 Å². The number of hydrogen-bond donors (Lipinski definition) is 1. The molecule has 0 aliphatic heterocycles. The summed E-state index contributed by atoms with van der Waals surface area (Å²) >= 11 is 0. The lowest BCUT2D eigenvalue weighted by Gasteiger charge is -2.11. The molecule has 1 N–H and O–H groups in total. The van der Waals surface area contributed by atoms with E-state index in [9.17, 15) is 10.1 Å². The first-order valence-electron chi connectivity index (χ1n) is 6.63. The van der Waals surface area contributed by atoms with Crippen molar-refractivity contribution in [3.05, 3.63) is 51.8 Å². The largest absolute Gasteiger partial charge is 0.493 e. The predicted molar refractivity (Wildman–Crippen MR) is 78.3 cm³/mol. The van der Waals surface area contributed by atoms with E-state index in [0.29, 0.717) is 18.9 Å². The number of nitrogens with zero attached hydrogens (tertiary/aromatic N) is 3. The second-order valence-corrected chi connectivity index (χ2v) is 4.62. The van der Waals surface area contributed by atoms with Crippen molar-refractivity contribution in [2.75, 3.05) is 13.7 Å². The van der Waals surface area contributed by atoms with E-state index in [-0.39, 0.29) is 5.69 Å². The van der Waals surface area contributed by atoms with Crippen molar-refractivity contribution in [2.24, 2.45) is 7.05 Å². The van der Waals surface area contributed by atoms with Crippen LogP contribution in [0.4, 0.5) is 5.69 Å². The number of ether oxygens (including phenoxy) is 1. The summed E-state index contributed by atoms with van der Waals surface area (Å²) in [5, 5.41) is 17.9. The Labute approximate surface area is 122 Å². The number of nitro benzene ring substituents is 1. The van der Waals surface area contributed by atoms with E-state index in [1.165, 1.54) is 12.1 Å². The van der Waals surface area contributed by atoms with Crippen LogP contribution in [0.2, 0.25) is 0 Å². The van der Waals surface area contributed by atoms with Gasteiger partial charge < -0.3 is 10.1 Å². The highest BCUT2D eigenvalue weighted by Gasteiger charge is 2.11. The number of aromatic nitrogens is 2. The summed E-state index contributed by atoms with van der Waals surface area (Å²) in [7, 11) is 3.67. The minimum atomic E-state index is -0.404. The fourth-order valence-electron chi connectivity index (χ4n) is 2.06. The standard InChI is InChI=1S/C14H18N4O3/c1-15-10-11-9-13(18(19)20)3-4-14(11)21-8-6-12-5-7-16-17(12)2/h3-5,7,9,15H,6,8,10H2,1-2H3. The summed E-state index contributed by atoms with van der Waals surface area (Å²) in [6.07, 6.45) is 2.47. The highest BCUT2D eigenvalue weighted by molar-refractivity contribution is 5.43. The van der Waals surface area contributed by atoms with E-state index in [1.807, 2.05) is 13.1 Å². The molecular weight excluding hydrogens is 272 g/mol. The number of nitrogens with one attached hydrogen (secondary N) is 1. The van der Waals surface area contributed by atoms with E-state index in [0.717, 1.165) is 17.7 Å². The van der Waals surface area contributed by atoms with Gasteiger partial charge in [0.1, 0.15) is 5.75 Å². The first-order valence-corrected chi connectivity index (χ1v) is 6.63. The third-order valence-electron chi connectivity index (χ3n) is 3.16. The predicted octanol–water partition coefficient (Wildman–Crippen LogP) is 1.67. The fraction of sp³-hybridized carbons (Fsp3) is 0.357. The van der Waals surface area contributed by atoms with Gasteiger partial charge in [0, 0.05) is 49.6 Å². The monoisotopic (exact) mass is 290 g/mol. The van der Waals surface area contributed by atoms with Crippen molar-refractivity contribution in [1.82, 2.24) is 15.1 Å². The zero-order valence-electron chi connectivity index (χ0n) is 12.1. The van der Waals surface area contributed by atoms with Crippen LogP contribution in [0.5, 0.6) is 5.75 Å². The molecule has 2 rings (SSSR count). The van der Waals surface area contributed by atoms with Crippen molar-refractivity contribution in [3.8, 4) is 5.75 Å². The Hall–Kier alpha value is -2.41. The lowest BCUT2D eigenvalue weighted by atomic mass is 10.1. The Morgan fingerprint density at radius 3 is 2.86 bits per heavy atom. The molecule has 1 aromatic heterocycles. The molecule has 1 aromatic carbocycles. The summed E-state index contributed by atoms with van der Waals surface area (Å²) in [4.78, 5) is 10.4. The van der Waals surface area contributed by atoms with Crippen LogP contribution in [0.1, 0.15) is 11.3 Å². The van der Waals surface area contributed by atoms with E-state index < -0.39 is 4.92 Å². The molecule has 0 aliphatic rings. The van der Waals surface area contributed by atoms with Gasteiger partial charge in [-0.1, -0.05) is 0 Å². The summed E-state index contributed by atoms with van der Waals surface area (Å²) in [6, 6.07) is 6.58. The maximum absolute atomic E-state index is 10.8. The number of nitro groups is 1. The van der Waals surface area contributed by atoms with Crippen molar-refractivity contribution in [2.45, 2.75) is 13.0 Å². The van der Waals surface area contributed by atoms with Crippen LogP contribution in [0.3, 0.4) is 0 Å². The maximum atomic E-state index is 10.8. The molecule has 1 heterocycles. The third kappa shape index (κ3) is 3.79. The van der Waals surface area contributed by atoms with Gasteiger partial charge in [0.25, 0.3) is 5.69 Å². The number of benzene rings is 1. The molecule has 0 fully saturated rings. The molecule has 0 unspecified atom stereocenters. The van der Waals surface area contributed by atoms with Gasteiger partial charge in [0.05, 0.1) is 11.5 Å².